The van der Waals surface area contributed by atoms with Crippen LogP contribution < -0.4 is 5.73 Å². The number of nitrogens with two attached hydrogens (primary N) is 1. The van der Waals surface area contributed by atoms with E-state index < -0.39 is 35.1 Å². The Labute approximate surface area is 121 Å². The third-order valence-corrected chi connectivity index (χ3v) is 2.92. The number of rotatable bonds is 2. The lowest BCUT2D eigenvalue weighted by atomic mass is 9.82. The summed E-state index contributed by atoms with van der Waals surface area (Å²) in [5, 5.41) is 9.95. The fourth-order valence-corrected chi connectivity index (χ4v) is 1.73. The van der Waals surface area contributed by atoms with Crippen LogP contribution in [0.5, 0.6) is 0 Å². The van der Waals surface area contributed by atoms with Gasteiger partial charge in [-0.15, -0.1) is 12.4 Å². The molecule has 0 aliphatic heterocycles. The van der Waals surface area contributed by atoms with E-state index in [1.807, 2.05) is 0 Å². The van der Waals surface area contributed by atoms with Crippen LogP contribution in [-0.2, 0) is 6.18 Å². The van der Waals surface area contributed by atoms with Crippen molar-refractivity contribution in [1.29, 1.82) is 0 Å². The van der Waals surface area contributed by atoms with E-state index in [-0.39, 0.29) is 18.0 Å². The first-order valence-corrected chi connectivity index (χ1v) is 5.75. The summed E-state index contributed by atoms with van der Waals surface area (Å²) >= 11 is 0. The molecule has 0 aliphatic carbocycles. The van der Waals surface area contributed by atoms with E-state index in [0.29, 0.717) is 6.07 Å². The molecule has 2 nitrogen and oxygen atoms in total. The molecule has 0 heterocycles. The standard InChI is InChI=1S/C13H17F4NO.ClH/c1-12(2,3)11(19)10(18)7-5-4-6-8(9(7)14)13(15,16)17;/h4-6,10-11,19H,18H2,1-3H3;1H/t10-,11-;/m0./s1. The lowest BCUT2D eigenvalue weighted by Crippen LogP contribution is -2.37. The quantitative estimate of drug-likeness (QED) is 0.818. The largest absolute Gasteiger partial charge is 0.419 e. The molecule has 0 bridgehead atoms. The fraction of sp³-hybridized carbons (Fsp3) is 0.538. The van der Waals surface area contributed by atoms with E-state index >= 15 is 0 Å². The highest BCUT2D eigenvalue weighted by molar-refractivity contribution is 5.85. The van der Waals surface area contributed by atoms with Crippen LogP contribution >= 0.6 is 12.4 Å². The van der Waals surface area contributed by atoms with Gasteiger partial charge in [-0.05, 0) is 11.5 Å². The van der Waals surface area contributed by atoms with Gasteiger partial charge in [0.1, 0.15) is 5.82 Å². The molecule has 116 valence electrons. The SMILES string of the molecule is CC(C)(C)[C@@H](O)[C@@H](N)c1cccc(C(F)(F)F)c1F.Cl. The minimum Gasteiger partial charge on any atom is -0.391 e. The van der Waals surface area contributed by atoms with Gasteiger partial charge in [-0.2, -0.15) is 13.2 Å². The van der Waals surface area contributed by atoms with Gasteiger partial charge in [0.2, 0.25) is 0 Å². The molecular weight excluding hydrogens is 298 g/mol. The van der Waals surface area contributed by atoms with Crippen LogP contribution in [0, 0.1) is 11.2 Å². The van der Waals surface area contributed by atoms with Crippen LogP contribution in [-0.4, -0.2) is 11.2 Å². The first-order valence-electron chi connectivity index (χ1n) is 5.75. The predicted molar refractivity (Wildman–Crippen MR) is 71.0 cm³/mol. The zero-order valence-corrected chi connectivity index (χ0v) is 12.1. The predicted octanol–water partition coefficient (Wildman–Crippen LogP) is 3.67. The number of aliphatic hydroxyl groups excluding tert-OH is 1. The maximum Gasteiger partial charge on any atom is 0.419 e. The Bertz CT molecular complexity index is 457. The molecule has 2 atom stereocenters. The van der Waals surface area contributed by atoms with Crippen molar-refractivity contribution in [1.82, 2.24) is 0 Å². The maximum atomic E-state index is 13.9. The second-order valence-corrected chi connectivity index (χ2v) is 5.54. The van der Waals surface area contributed by atoms with Crippen LogP contribution in [0.3, 0.4) is 0 Å². The number of hydrogen-bond donors (Lipinski definition) is 2. The van der Waals surface area contributed by atoms with Gasteiger partial charge in [0, 0.05) is 5.56 Å². The second-order valence-electron chi connectivity index (χ2n) is 5.54. The summed E-state index contributed by atoms with van der Waals surface area (Å²) in [4.78, 5) is 0. The number of halogens is 5. The Hall–Kier alpha value is -0.850. The molecule has 3 N–H and O–H groups in total. The molecular formula is C13H18ClF4NO. The van der Waals surface area contributed by atoms with Gasteiger partial charge in [0.15, 0.2) is 0 Å². The Morgan fingerprint density at radius 2 is 1.65 bits per heavy atom. The van der Waals surface area contributed by atoms with Crippen LogP contribution in [0.2, 0.25) is 0 Å². The molecule has 1 rings (SSSR count). The number of alkyl halides is 3. The molecule has 1 aromatic rings. The highest BCUT2D eigenvalue weighted by Gasteiger charge is 2.37. The summed E-state index contributed by atoms with van der Waals surface area (Å²) in [6.45, 7) is 5.01. The van der Waals surface area contributed by atoms with Crippen molar-refractivity contribution in [2.45, 2.75) is 39.1 Å². The van der Waals surface area contributed by atoms with Gasteiger partial charge in [-0.25, -0.2) is 4.39 Å². The molecule has 0 amide bonds. The summed E-state index contributed by atoms with van der Waals surface area (Å²) in [5.74, 6) is -1.43. The van der Waals surface area contributed by atoms with Gasteiger partial charge in [0.25, 0.3) is 0 Å². The summed E-state index contributed by atoms with van der Waals surface area (Å²) in [5.41, 5.74) is 3.30. The number of hydrogen-bond acceptors (Lipinski definition) is 2. The van der Waals surface area contributed by atoms with Crippen molar-refractivity contribution >= 4 is 12.4 Å². The second kappa shape index (κ2) is 6.28. The molecule has 0 saturated carbocycles. The molecule has 20 heavy (non-hydrogen) atoms. The molecule has 0 aromatic heterocycles. The molecule has 0 aliphatic rings. The molecule has 1 aromatic carbocycles. The summed E-state index contributed by atoms with van der Waals surface area (Å²) in [6.07, 6.45) is -5.95. The lowest BCUT2D eigenvalue weighted by molar-refractivity contribution is -0.140. The minimum absolute atomic E-state index is 0. The van der Waals surface area contributed by atoms with Crippen LogP contribution in [0.4, 0.5) is 17.6 Å². The highest BCUT2D eigenvalue weighted by Crippen LogP contribution is 2.36. The topological polar surface area (TPSA) is 46.2 Å². The van der Waals surface area contributed by atoms with Crippen LogP contribution in [0.1, 0.15) is 37.9 Å². The first kappa shape index (κ1) is 19.1. The van der Waals surface area contributed by atoms with Gasteiger partial charge in [-0.1, -0.05) is 32.9 Å². The van der Waals surface area contributed by atoms with E-state index in [1.165, 1.54) is 0 Å². The first-order chi connectivity index (χ1) is 8.46. The van der Waals surface area contributed by atoms with Gasteiger partial charge < -0.3 is 10.8 Å². The monoisotopic (exact) mass is 315 g/mol. The van der Waals surface area contributed by atoms with Crippen LogP contribution in [0.15, 0.2) is 18.2 Å². The Balaban J connectivity index is 0.00000361. The Kier molecular flexibility index (Phi) is 6.02. The average molecular weight is 316 g/mol. The maximum absolute atomic E-state index is 13.9. The summed E-state index contributed by atoms with van der Waals surface area (Å²) in [6, 6.07) is 1.66. The minimum atomic E-state index is -4.79. The van der Waals surface area contributed by atoms with E-state index in [9.17, 15) is 22.7 Å². The van der Waals surface area contributed by atoms with Gasteiger partial charge >= 0.3 is 6.18 Å². The number of aliphatic hydroxyl groups is 1. The number of benzene rings is 1. The third-order valence-electron chi connectivity index (χ3n) is 2.92. The zero-order chi connectivity index (χ0) is 15.0. The summed E-state index contributed by atoms with van der Waals surface area (Å²) < 4.78 is 51.6. The van der Waals surface area contributed by atoms with E-state index in [4.69, 9.17) is 5.73 Å². The molecule has 7 heteroatoms. The van der Waals surface area contributed by atoms with E-state index in [0.717, 1.165) is 12.1 Å². The van der Waals surface area contributed by atoms with Crippen molar-refractivity contribution in [2.24, 2.45) is 11.1 Å². The normalized spacial score (nSPS) is 15.4. The van der Waals surface area contributed by atoms with E-state index in [2.05, 4.69) is 0 Å². The van der Waals surface area contributed by atoms with E-state index in [1.54, 1.807) is 20.8 Å². The van der Waals surface area contributed by atoms with Crippen molar-refractivity contribution in [3.63, 3.8) is 0 Å². The van der Waals surface area contributed by atoms with Crippen molar-refractivity contribution in [2.75, 3.05) is 0 Å². The van der Waals surface area contributed by atoms with Crippen molar-refractivity contribution < 1.29 is 22.7 Å². The molecule has 0 radical (unpaired) electrons. The fourth-order valence-electron chi connectivity index (χ4n) is 1.73. The molecule has 0 unspecified atom stereocenters. The van der Waals surface area contributed by atoms with Crippen LogP contribution in [0.25, 0.3) is 0 Å². The summed E-state index contributed by atoms with van der Waals surface area (Å²) in [7, 11) is 0. The van der Waals surface area contributed by atoms with Gasteiger partial charge in [0.05, 0.1) is 17.7 Å². The lowest BCUT2D eigenvalue weighted by Gasteiger charge is -2.31. The highest BCUT2D eigenvalue weighted by atomic mass is 35.5. The van der Waals surface area contributed by atoms with Crippen molar-refractivity contribution in [3.8, 4) is 0 Å². The smallest absolute Gasteiger partial charge is 0.391 e. The zero-order valence-electron chi connectivity index (χ0n) is 11.3. The van der Waals surface area contributed by atoms with Crippen molar-refractivity contribution in [3.05, 3.63) is 35.1 Å². The van der Waals surface area contributed by atoms with Gasteiger partial charge in [-0.3, -0.25) is 0 Å². The Morgan fingerprint density at radius 3 is 2.05 bits per heavy atom. The molecule has 0 fully saturated rings. The Morgan fingerprint density at radius 1 is 1.15 bits per heavy atom. The molecule has 0 spiro atoms. The molecule has 0 saturated heterocycles. The third kappa shape index (κ3) is 4.07. The average Bonchev–Trinajstić information content (AvgIpc) is 2.24.